The van der Waals surface area contributed by atoms with Gasteiger partial charge in [-0.1, -0.05) is 70.0 Å². The lowest BCUT2D eigenvalue weighted by molar-refractivity contribution is -0.142. The van der Waals surface area contributed by atoms with E-state index in [2.05, 4.69) is 21.2 Å². The maximum atomic E-state index is 14.0. The van der Waals surface area contributed by atoms with Gasteiger partial charge in [0.15, 0.2) is 0 Å². The molecule has 0 aliphatic carbocycles. The summed E-state index contributed by atoms with van der Waals surface area (Å²) in [7, 11) is -2.20. The highest BCUT2D eigenvalue weighted by molar-refractivity contribution is 9.10. The molecule has 0 radical (unpaired) electrons. The van der Waals surface area contributed by atoms with Crippen molar-refractivity contribution in [2.24, 2.45) is 0 Å². The van der Waals surface area contributed by atoms with Crippen molar-refractivity contribution in [3.63, 3.8) is 0 Å². The molecule has 2 amide bonds. The summed E-state index contributed by atoms with van der Waals surface area (Å²) in [6, 6.07) is 21.1. The molecule has 3 aromatic rings. The van der Waals surface area contributed by atoms with Crippen LogP contribution in [-0.4, -0.2) is 56.6 Å². The molecule has 0 fully saturated rings. The average molecular weight is 693 g/mol. The molecule has 0 aliphatic heterocycles. The second-order valence-corrected chi connectivity index (χ2v) is 14.6. The van der Waals surface area contributed by atoms with Gasteiger partial charge in [-0.2, -0.15) is 0 Å². The molecule has 0 heterocycles. The molecule has 3 rings (SSSR count). The zero-order valence-electron chi connectivity index (χ0n) is 25.1. The molecular weight excluding hydrogens is 654 g/mol. The summed E-state index contributed by atoms with van der Waals surface area (Å²) >= 11 is 9.72. The number of carbonyl (C=O) groups is 2. The van der Waals surface area contributed by atoms with Gasteiger partial charge in [0.2, 0.25) is 21.8 Å². The molecule has 0 aliphatic rings. The number of anilines is 1. The zero-order valence-corrected chi connectivity index (χ0v) is 28.3. The van der Waals surface area contributed by atoms with E-state index in [4.69, 9.17) is 16.3 Å². The number of nitrogens with zero attached hydrogens (tertiary/aromatic N) is 2. The normalized spacial score (nSPS) is 12.3. The number of methoxy groups -OCH3 is 1. The van der Waals surface area contributed by atoms with Crippen molar-refractivity contribution in [3.05, 3.63) is 93.4 Å². The molecule has 43 heavy (non-hydrogen) atoms. The van der Waals surface area contributed by atoms with E-state index in [1.54, 1.807) is 17.0 Å². The summed E-state index contributed by atoms with van der Waals surface area (Å²) in [4.78, 5) is 29.3. The fourth-order valence-electron chi connectivity index (χ4n) is 4.61. The standard InChI is InChI=1S/C32H39BrClN3O5S/c1-32(2,3)35-31(39)28(20-23-10-7-6-8-11-23)36(22-24-13-15-25(33)16-14-24)30(38)12-9-19-37(43(5,40)41)26-17-18-29(42-4)27(34)21-26/h6-8,10-11,13-18,21,28H,9,12,19-20,22H2,1-5H3,(H,35,39)/t28-/m0/s1. The molecule has 232 valence electrons. The molecule has 8 nitrogen and oxygen atoms in total. The minimum absolute atomic E-state index is 0.0283. The Morgan fingerprint density at radius 2 is 1.65 bits per heavy atom. The van der Waals surface area contributed by atoms with Gasteiger partial charge in [-0.15, -0.1) is 0 Å². The number of hydrogen-bond donors (Lipinski definition) is 1. The predicted octanol–water partition coefficient (Wildman–Crippen LogP) is 6.21. The van der Waals surface area contributed by atoms with E-state index in [-0.39, 0.29) is 42.8 Å². The molecule has 0 bridgehead atoms. The number of ether oxygens (including phenoxy) is 1. The summed E-state index contributed by atoms with van der Waals surface area (Å²) < 4.78 is 32.7. The molecule has 0 aromatic heterocycles. The van der Waals surface area contributed by atoms with Crippen LogP contribution in [0, 0.1) is 0 Å². The smallest absolute Gasteiger partial charge is 0.243 e. The largest absolute Gasteiger partial charge is 0.495 e. The van der Waals surface area contributed by atoms with E-state index in [1.807, 2.05) is 75.4 Å². The van der Waals surface area contributed by atoms with Crippen LogP contribution in [0.3, 0.4) is 0 Å². The Hall–Kier alpha value is -3.08. The third-order valence-corrected chi connectivity index (χ3v) is 8.63. The van der Waals surface area contributed by atoms with Gasteiger partial charge in [0.05, 0.1) is 24.1 Å². The topological polar surface area (TPSA) is 96.0 Å². The number of rotatable bonds is 13. The Balaban J connectivity index is 1.90. The lowest BCUT2D eigenvalue weighted by Gasteiger charge is -2.34. The summed E-state index contributed by atoms with van der Waals surface area (Å²) in [6.45, 7) is 5.96. The fraction of sp³-hybridized carbons (Fsp3) is 0.375. The van der Waals surface area contributed by atoms with Crippen LogP contribution in [0.1, 0.15) is 44.7 Å². The number of nitrogens with one attached hydrogen (secondary N) is 1. The van der Waals surface area contributed by atoms with Crippen LogP contribution in [0.5, 0.6) is 5.75 Å². The van der Waals surface area contributed by atoms with Gasteiger partial charge in [-0.25, -0.2) is 8.42 Å². The predicted molar refractivity (Wildman–Crippen MR) is 176 cm³/mol. The van der Waals surface area contributed by atoms with Crippen LogP contribution in [-0.2, 0) is 32.6 Å². The molecule has 1 atom stereocenters. The highest BCUT2D eigenvalue weighted by atomic mass is 79.9. The number of sulfonamides is 1. The van der Waals surface area contributed by atoms with Crippen LogP contribution in [0.2, 0.25) is 5.02 Å². The Bertz CT molecular complexity index is 1500. The highest BCUT2D eigenvalue weighted by Crippen LogP contribution is 2.30. The van der Waals surface area contributed by atoms with Crippen LogP contribution in [0.4, 0.5) is 5.69 Å². The van der Waals surface area contributed by atoms with Crippen molar-refractivity contribution in [3.8, 4) is 5.75 Å². The number of benzene rings is 3. The van der Waals surface area contributed by atoms with E-state index in [0.29, 0.717) is 17.9 Å². The van der Waals surface area contributed by atoms with E-state index in [9.17, 15) is 18.0 Å². The minimum atomic E-state index is -3.68. The van der Waals surface area contributed by atoms with Crippen LogP contribution >= 0.6 is 27.5 Å². The zero-order chi connectivity index (χ0) is 31.8. The average Bonchev–Trinajstić information content (AvgIpc) is 2.92. The summed E-state index contributed by atoms with van der Waals surface area (Å²) in [5, 5.41) is 3.33. The van der Waals surface area contributed by atoms with Crippen molar-refractivity contribution >= 4 is 55.1 Å². The fourth-order valence-corrected chi connectivity index (χ4v) is 6.08. The van der Waals surface area contributed by atoms with Crippen LogP contribution < -0.4 is 14.4 Å². The second-order valence-electron chi connectivity index (χ2n) is 11.4. The van der Waals surface area contributed by atoms with Gasteiger partial charge in [-0.05, 0) is 68.7 Å². The van der Waals surface area contributed by atoms with Crippen molar-refractivity contribution in [2.45, 2.75) is 58.2 Å². The SMILES string of the molecule is COc1ccc(N(CCCC(=O)N(Cc2ccc(Br)cc2)[C@@H](Cc2ccccc2)C(=O)NC(C)(C)C)S(C)(=O)=O)cc1Cl. The Kier molecular flexibility index (Phi) is 12.1. The van der Waals surface area contributed by atoms with Gasteiger partial charge < -0.3 is 15.0 Å². The summed E-state index contributed by atoms with van der Waals surface area (Å²) in [5.74, 6) is -0.0859. The number of halogens is 2. The van der Waals surface area contributed by atoms with Crippen molar-refractivity contribution in [2.75, 3.05) is 24.2 Å². The quantitative estimate of drug-likeness (QED) is 0.230. The first-order valence-electron chi connectivity index (χ1n) is 13.9. The third-order valence-electron chi connectivity index (χ3n) is 6.61. The van der Waals surface area contributed by atoms with E-state index < -0.39 is 21.6 Å². The van der Waals surface area contributed by atoms with Crippen LogP contribution in [0.25, 0.3) is 0 Å². The molecular formula is C32H39BrClN3O5S. The molecule has 3 aromatic carbocycles. The Morgan fingerprint density at radius 3 is 2.21 bits per heavy atom. The van der Waals surface area contributed by atoms with Crippen molar-refractivity contribution < 1.29 is 22.7 Å². The maximum absolute atomic E-state index is 14.0. The molecule has 11 heteroatoms. The molecule has 0 unspecified atom stereocenters. The summed E-state index contributed by atoms with van der Waals surface area (Å²) in [5.41, 5.74) is 1.65. The lowest BCUT2D eigenvalue weighted by Crippen LogP contribution is -2.54. The van der Waals surface area contributed by atoms with E-state index in [1.165, 1.54) is 17.5 Å². The molecule has 0 spiro atoms. The van der Waals surface area contributed by atoms with Gasteiger partial charge >= 0.3 is 0 Å². The second kappa shape index (κ2) is 15.1. The van der Waals surface area contributed by atoms with E-state index >= 15 is 0 Å². The molecule has 0 saturated heterocycles. The van der Waals surface area contributed by atoms with Crippen molar-refractivity contribution in [1.29, 1.82) is 0 Å². The van der Waals surface area contributed by atoms with Gasteiger partial charge in [0, 0.05) is 35.9 Å². The third kappa shape index (κ3) is 10.5. The van der Waals surface area contributed by atoms with Crippen LogP contribution in [0.15, 0.2) is 77.3 Å². The highest BCUT2D eigenvalue weighted by Gasteiger charge is 2.32. The first-order chi connectivity index (χ1) is 20.2. The molecule has 1 N–H and O–H groups in total. The number of carbonyl (C=O) groups excluding carboxylic acids is 2. The number of amides is 2. The first-order valence-corrected chi connectivity index (χ1v) is 16.9. The number of hydrogen-bond acceptors (Lipinski definition) is 5. The van der Waals surface area contributed by atoms with Gasteiger partial charge in [-0.3, -0.25) is 13.9 Å². The first kappa shape index (κ1) is 34.4. The van der Waals surface area contributed by atoms with Gasteiger partial charge in [0.1, 0.15) is 11.8 Å². The summed E-state index contributed by atoms with van der Waals surface area (Å²) in [6.07, 6.45) is 1.69. The van der Waals surface area contributed by atoms with Crippen molar-refractivity contribution in [1.82, 2.24) is 10.2 Å². The Morgan fingerprint density at radius 1 is 1.00 bits per heavy atom. The monoisotopic (exact) mass is 691 g/mol. The lowest BCUT2D eigenvalue weighted by atomic mass is 10.00. The molecule has 0 saturated carbocycles. The van der Waals surface area contributed by atoms with Gasteiger partial charge in [0.25, 0.3) is 0 Å². The maximum Gasteiger partial charge on any atom is 0.243 e. The minimum Gasteiger partial charge on any atom is -0.495 e. The van der Waals surface area contributed by atoms with E-state index in [0.717, 1.165) is 21.9 Å². The Labute approximate surface area is 268 Å².